The SMILES string of the molecule is O=C(/C=c1\[nH]c(=O)/c(=C\c2ccc(OCc3ccccc3)cc2)s1)c1ccco1. The molecule has 0 aliphatic heterocycles. The Morgan fingerprint density at radius 2 is 1.83 bits per heavy atom. The van der Waals surface area contributed by atoms with Crippen LogP contribution in [0, 0.1) is 0 Å². The third kappa shape index (κ3) is 4.80. The summed E-state index contributed by atoms with van der Waals surface area (Å²) in [4.78, 5) is 26.9. The Morgan fingerprint density at radius 1 is 1.03 bits per heavy atom. The number of furan rings is 1. The van der Waals surface area contributed by atoms with E-state index < -0.39 is 0 Å². The number of thiazole rings is 1. The molecular formula is C23H17NO4S. The predicted molar refractivity (Wildman–Crippen MR) is 112 cm³/mol. The van der Waals surface area contributed by atoms with Crippen LogP contribution >= 0.6 is 11.3 Å². The summed E-state index contributed by atoms with van der Waals surface area (Å²) < 4.78 is 11.8. The Balaban J connectivity index is 1.50. The maximum absolute atomic E-state index is 12.2. The van der Waals surface area contributed by atoms with E-state index in [-0.39, 0.29) is 17.1 Å². The summed E-state index contributed by atoms with van der Waals surface area (Å²) in [6, 6.07) is 20.7. The lowest BCUT2D eigenvalue weighted by molar-refractivity contribution is 0.103. The molecule has 0 aliphatic rings. The summed E-state index contributed by atoms with van der Waals surface area (Å²) in [6.45, 7) is 0.497. The number of hydrogen-bond acceptors (Lipinski definition) is 5. The average molecular weight is 403 g/mol. The summed E-state index contributed by atoms with van der Waals surface area (Å²) in [5, 5.41) is 0. The number of ketones is 1. The zero-order valence-corrected chi connectivity index (χ0v) is 16.1. The van der Waals surface area contributed by atoms with Crippen LogP contribution in [0.1, 0.15) is 21.7 Å². The molecule has 0 unspecified atom stereocenters. The molecule has 0 atom stereocenters. The zero-order valence-electron chi connectivity index (χ0n) is 15.3. The quantitative estimate of drug-likeness (QED) is 0.502. The van der Waals surface area contributed by atoms with Crippen molar-refractivity contribution in [1.82, 2.24) is 4.98 Å². The van der Waals surface area contributed by atoms with Gasteiger partial charge in [-0.1, -0.05) is 42.5 Å². The van der Waals surface area contributed by atoms with Crippen molar-refractivity contribution in [3.05, 3.63) is 109 Å². The molecular weight excluding hydrogens is 386 g/mol. The van der Waals surface area contributed by atoms with Crippen LogP contribution in [0.25, 0.3) is 12.2 Å². The lowest BCUT2D eigenvalue weighted by Gasteiger charge is -2.06. The number of rotatable bonds is 6. The van der Waals surface area contributed by atoms with Gasteiger partial charge in [0.1, 0.15) is 12.4 Å². The molecule has 4 aromatic rings. The fraction of sp³-hybridized carbons (Fsp3) is 0.0435. The summed E-state index contributed by atoms with van der Waals surface area (Å²) in [7, 11) is 0. The minimum Gasteiger partial charge on any atom is -0.489 e. The van der Waals surface area contributed by atoms with Gasteiger partial charge in [0.05, 0.1) is 15.5 Å². The molecule has 144 valence electrons. The fourth-order valence-electron chi connectivity index (χ4n) is 2.69. The van der Waals surface area contributed by atoms with E-state index >= 15 is 0 Å². The normalized spacial score (nSPS) is 12.3. The topological polar surface area (TPSA) is 72.3 Å². The fourth-order valence-corrected chi connectivity index (χ4v) is 3.57. The van der Waals surface area contributed by atoms with Gasteiger partial charge in [-0.3, -0.25) is 9.59 Å². The molecule has 0 saturated carbocycles. The largest absolute Gasteiger partial charge is 0.489 e. The third-order valence-electron chi connectivity index (χ3n) is 4.13. The number of Topliss-reactive ketones (excluding diaryl/α,β-unsaturated/α-hetero) is 1. The molecule has 0 aliphatic carbocycles. The lowest BCUT2D eigenvalue weighted by atomic mass is 10.2. The van der Waals surface area contributed by atoms with Crippen LogP contribution < -0.4 is 19.5 Å². The molecule has 0 amide bonds. The number of nitrogens with one attached hydrogen (secondary N) is 1. The van der Waals surface area contributed by atoms with Crippen molar-refractivity contribution in [2.75, 3.05) is 0 Å². The molecule has 5 nitrogen and oxygen atoms in total. The van der Waals surface area contributed by atoms with Gasteiger partial charge in [0, 0.05) is 6.08 Å². The van der Waals surface area contributed by atoms with E-state index in [1.54, 1.807) is 18.2 Å². The van der Waals surface area contributed by atoms with Crippen LogP contribution in [0.15, 0.2) is 82.2 Å². The monoisotopic (exact) mass is 403 g/mol. The van der Waals surface area contributed by atoms with Crippen molar-refractivity contribution in [2.24, 2.45) is 0 Å². The van der Waals surface area contributed by atoms with E-state index in [0.29, 0.717) is 15.8 Å². The highest BCUT2D eigenvalue weighted by Crippen LogP contribution is 2.14. The van der Waals surface area contributed by atoms with Gasteiger partial charge >= 0.3 is 0 Å². The van der Waals surface area contributed by atoms with E-state index in [9.17, 15) is 9.59 Å². The lowest BCUT2D eigenvalue weighted by Crippen LogP contribution is -2.19. The standard InChI is InChI=1S/C23H17NO4S/c25-19(20-7-4-12-27-20)14-22-24-23(26)21(29-22)13-16-8-10-18(11-9-16)28-15-17-5-2-1-3-6-17/h1-14H,15H2,(H,24,26)/b21-13+,22-14+. The highest BCUT2D eigenvalue weighted by molar-refractivity contribution is 7.07. The first-order valence-electron chi connectivity index (χ1n) is 8.94. The maximum Gasteiger partial charge on any atom is 0.266 e. The second-order valence-corrected chi connectivity index (χ2v) is 7.34. The molecule has 2 aromatic carbocycles. The van der Waals surface area contributed by atoms with Crippen LogP contribution in [-0.4, -0.2) is 10.8 Å². The average Bonchev–Trinajstić information content (AvgIpc) is 3.39. The molecule has 6 heteroatoms. The Hall–Kier alpha value is -3.64. The van der Waals surface area contributed by atoms with Gasteiger partial charge in [-0.25, -0.2) is 0 Å². The minimum atomic E-state index is -0.293. The maximum atomic E-state index is 12.2. The highest BCUT2D eigenvalue weighted by Gasteiger charge is 2.05. The van der Waals surface area contributed by atoms with Crippen molar-refractivity contribution >= 4 is 29.3 Å². The van der Waals surface area contributed by atoms with Crippen LogP contribution in [0.5, 0.6) is 5.75 Å². The van der Waals surface area contributed by atoms with Crippen LogP contribution in [0.4, 0.5) is 0 Å². The van der Waals surface area contributed by atoms with Gasteiger partial charge in [0.2, 0.25) is 5.78 Å². The molecule has 0 saturated heterocycles. The Bertz CT molecular complexity index is 1270. The first-order valence-corrected chi connectivity index (χ1v) is 9.76. The number of hydrogen-bond donors (Lipinski definition) is 1. The van der Waals surface area contributed by atoms with Gasteiger partial charge in [0.15, 0.2) is 5.76 Å². The smallest absolute Gasteiger partial charge is 0.266 e. The molecule has 0 fully saturated rings. The molecule has 29 heavy (non-hydrogen) atoms. The van der Waals surface area contributed by atoms with E-state index in [1.165, 1.54) is 23.7 Å². The number of carbonyl (C=O) groups is 1. The van der Waals surface area contributed by atoms with E-state index in [0.717, 1.165) is 16.9 Å². The second-order valence-electron chi connectivity index (χ2n) is 6.26. The predicted octanol–water partition coefficient (Wildman–Crippen LogP) is 3.10. The summed E-state index contributed by atoms with van der Waals surface area (Å²) in [5.41, 5.74) is 1.73. The van der Waals surface area contributed by atoms with Crippen molar-refractivity contribution in [3.63, 3.8) is 0 Å². The summed E-state index contributed by atoms with van der Waals surface area (Å²) in [5.74, 6) is 0.694. The van der Waals surface area contributed by atoms with Gasteiger partial charge < -0.3 is 14.1 Å². The number of ether oxygens (including phenoxy) is 1. The van der Waals surface area contributed by atoms with Crippen molar-refractivity contribution in [3.8, 4) is 5.75 Å². The van der Waals surface area contributed by atoms with Crippen LogP contribution in [-0.2, 0) is 6.61 Å². The van der Waals surface area contributed by atoms with Crippen molar-refractivity contribution < 1.29 is 13.9 Å². The number of benzene rings is 2. The van der Waals surface area contributed by atoms with Gasteiger partial charge in [-0.15, -0.1) is 11.3 Å². The van der Waals surface area contributed by atoms with E-state index in [1.807, 2.05) is 54.6 Å². The molecule has 2 aromatic heterocycles. The molecule has 1 N–H and O–H groups in total. The molecule has 0 radical (unpaired) electrons. The van der Waals surface area contributed by atoms with Gasteiger partial charge in [0.25, 0.3) is 5.56 Å². The van der Waals surface area contributed by atoms with Gasteiger partial charge in [-0.05, 0) is 41.5 Å². The molecule has 0 spiro atoms. The van der Waals surface area contributed by atoms with E-state index in [2.05, 4.69) is 4.98 Å². The van der Waals surface area contributed by atoms with E-state index in [4.69, 9.17) is 9.15 Å². The third-order valence-corrected chi connectivity index (χ3v) is 5.10. The van der Waals surface area contributed by atoms with Crippen LogP contribution in [0.2, 0.25) is 0 Å². The summed E-state index contributed by atoms with van der Waals surface area (Å²) >= 11 is 1.22. The van der Waals surface area contributed by atoms with Gasteiger partial charge in [-0.2, -0.15) is 0 Å². The Kier molecular flexibility index (Phi) is 5.54. The Morgan fingerprint density at radius 3 is 2.55 bits per heavy atom. The molecule has 2 heterocycles. The van der Waals surface area contributed by atoms with Crippen molar-refractivity contribution in [2.45, 2.75) is 6.61 Å². The molecule has 0 bridgehead atoms. The first kappa shape index (κ1) is 18.7. The molecule has 4 rings (SSSR count). The number of carbonyl (C=O) groups excluding carboxylic acids is 1. The number of H-pyrrole nitrogens is 1. The second kappa shape index (κ2) is 8.58. The highest BCUT2D eigenvalue weighted by atomic mass is 32.1. The van der Waals surface area contributed by atoms with Crippen molar-refractivity contribution in [1.29, 1.82) is 0 Å². The zero-order chi connectivity index (χ0) is 20.1. The Labute approximate surface area is 170 Å². The number of aromatic amines is 1. The van der Waals surface area contributed by atoms with Crippen LogP contribution in [0.3, 0.4) is 0 Å². The number of aromatic nitrogens is 1. The first-order chi connectivity index (χ1) is 14.2. The summed E-state index contributed by atoms with van der Waals surface area (Å²) in [6.07, 6.45) is 4.58. The minimum absolute atomic E-state index is 0.232.